The number of allylic oxidation sites excluding steroid dienone is 1. The van der Waals surface area contributed by atoms with Gasteiger partial charge in [-0.3, -0.25) is 10.1 Å². The van der Waals surface area contributed by atoms with Crippen LogP contribution in [0.2, 0.25) is 0 Å². The van der Waals surface area contributed by atoms with Gasteiger partial charge in [0.05, 0.1) is 18.0 Å². The highest BCUT2D eigenvalue weighted by Gasteiger charge is 2.29. The molecule has 2 amide bonds. The van der Waals surface area contributed by atoms with Gasteiger partial charge in [-0.05, 0) is 73.0 Å². The Labute approximate surface area is 266 Å². The van der Waals surface area contributed by atoms with Gasteiger partial charge in [0.15, 0.2) is 17.6 Å². The number of nitrogen functional groups attached to an aromatic ring is 1. The third-order valence-corrected chi connectivity index (χ3v) is 6.90. The van der Waals surface area contributed by atoms with Gasteiger partial charge in [0.2, 0.25) is 12.7 Å². The fourth-order valence-corrected chi connectivity index (χ4v) is 4.69. The largest absolute Gasteiger partial charge is 0.491 e. The smallest absolute Gasteiger partial charge is 0.412 e. The van der Waals surface area contributed by atoms with Crippen molar-refractivity contribution < 1.29 is 38.4 Å². The fraction of sp³-hybridized carbons (Fsp3) is 0.200. The third kappa shape index (κ3) is 8.93. The van der Waals surface area contributed by atoms with Crippen molar-refractivity contribution in [3.8, 4) is 23.0 Å². The number of nitrogens with one attached hydrogen (secondary N) is 2. The second-order valence-electron chi connectivity index (χ2n) is 10.2. The number of ether oxygens (including phenoxy) is 5. The zero-order valence-corrected chi connectivity index (χ0v) is 25.0. The molecule has 0 aromatic heterocycles. The molecule has 0 saturated carbocycles. The van der Waals surface area contributed by atoms with Gasteiger partial charge in [0, 0.05) is 11.8 Å². The van der Waals surface area contributed by atoms with Gasteiger partial charge in [-0.2, -0.15) is 0 Å². The van der Waals surface area contributed by atoms with E-state index in [1.54, 1.807) is 72.8 Å². The lowest BCUT2D eigenvalue weighted by Crippen LogP contribution is -2.31. The van der Waals surface area contributed by atoms with Crippen LogP contribution in [-0.4, -0.2) is 43.2 Å². The molecule has 5 rings (SSSR count). The Hall–Kier alpha value is -5.68. The number of nitrogens with two attached hydrogens (primary N) is 1. The highest BCUT2D eigenvalue weighted by Crippen LogP contribution is 2.35. The van der Waals surface area contributed by atoms with Crippen LogP contribution >= 0.6 is 0 Å². The van der Waals surface area contributed by atoms with E-state index in [-0.39, 0.29) is 25.9 Å². The maximum Gasteiger partial charge on any atom is 0.412 e. The van der Waals surface area contributed by atoms with Crippen LogP contribution in [0.5, 0.6) is 23.0 Å². The fourth-order valence-electron chi connectivity index (χ4n) is 4.69. The summed E-state index contributed by atoms with van der Waals surface area (Å²) in [6.07, 6.45) is 1.74. The quantitative estimate of drug-likeness (QED) is 0.0965. The number of fused-ring (bicyclic) bond motifs is 1. The van der Waals surface area contributed by atoms with E-state index < -0.39 is 18.3 Å². The maximum atomic E-state index is 13.3. The monoisotopic (exact) mass is 625 g/mol. The molecule has 5 N–H and O–H groups in total. The van der Waals surface area contributed by atoms with Gasteiger partial charge < -0.3 is 39.8 Å². The standard InChI is InChI=1S/C35H35N3O8/c36-28-10-4-5-11-29(28)38-33(40)13-7-6-12-31(45-27-8-2-1-3-9-27)34(24-14-17-26(18-15-24)42-21-20-39)46-35(41)37-25-16-19-30-32(22-25)44-23-43-30/h1-5,7-11,13-19,22,31,34,39H,6,12,20-21,23,36H2,(H,37,41)(H,38,40)/b13-7+/t31-,34-/m0/s1. The second-order valence-corrected chi connectivity index (χ2v) is 10.2. The topological polar surface area (TPSA) is 151 Å². The number of anilines is 3. The first kappa shape index (κ1) is 31.7. The van der Waals surface area contributed by atoms with E-state index in [1.807, 2.05) is 30.3 Å². The van der Waals surface area contributed by atoms with Gasteiger partial charge in [0.1, 0.15) is 24.2 Å². The molecule has 1 aliphatic heterocycles. The second kappa shape index (κ2) is 15.9. The summed E-state index contributed by atoms with van der Waals surface area (Å²) in [5.74, 6) is 1.92. The van der Waals surface area contributed by atoms with Gasteiger partial charge >= 0.3 is 6.09 Å². The molecule has 2 atom stereocenters. The summed E-state index contributed by atoms with van der Waals surface area (Å²) < 4.78 is 28.7. The summed E-state index contributed by atoms with van der Waals surface area (Å²) in [6, 6.07) is 28.3. The van der Waals surface area contributed by atoms with Crippen LogP contribution < -0.4 is 35.3 Å². The molecule has 1 aliphatic rings. The van der Waals surface area contributed by atoms with Crippen LogP contribution in [0.3, 0.4) is 0 Å². The average Bonchev–Trinajstić information content (AvgIpc) is 3.54. The number of hydrogen-bond donors (Lipinski definition) is 4. The molecular weight excluding hydrogens is 590 g/mol. The lowest BCUT2D eigenvalue weighted by Gasteiger charge is -2.28. The summed E-state index contributed by atoms with van der Waals surface area (Å²) in [4.78, 5) is 25.8. The first-order chi connectivity index (χ1) is 22.5. The van der Waals surface area contributed by atoms with Crippen molar-refractivity contribution in [1.29, 1.82) is 0 Å². The lowest BCUT2D eigenvalue weighted by molar-refractivity contribution is -0.111. The molecule has 0 radical (unpaired) electrons. The number of aliphatic hydroxyl groups is 1. The van der Waals surface area contributed by atoms with Crippen LogP contribution in [0.25, 0.3) is 0 Å². The van der Waals surface area contributed by atoms with Crippen molar-refractivity contribution >= 4 is 29.1 Å². The molecule has 11 nitrogen and oxygen atoms in total. The number of carbonyl (C=O) groups excluding carboxylic acids is 2. The van der Waals surface area contributed by atoms with Crippen molar-refractivity contribution in [2.75, 3.05) is 36.4 Å². The molecule has 11 heteroatoms. The van der Waals surface area contributed by atoms with Crippen molar-refractivity contribution in [3.05, 3.63) is 115 Å². The molecular formula is C35H35N3O8. The SMILES string of the molecule is Nc1ccccc1NC(=O)/C=C/CC[C@H](Oc1ccccc1)[C@@H](OC(=O)Nc1ccc2c(c1)OCO2)c1ccc(OCCO)cc1. The Morgan fingerprint density at radius 3 is 2.43 bits per heavy atom. The van der Waals surface area contributed by atoms with Gasteiger partial charge in [-0.1, -0.05) is 48.5 Å². The average molecular weight is 626 g/mol. The summed E-state index contributed by atoms with van der Waals surface area (Å²) >= 11 is 0. The highest BCUT2D eigenvalue weighted by atomic mass is 16.7. The number of aliphatic hydroxyl groups excluding tert-OH is 1. The molecule has 0 saturated heterocycles. The molecule has 0 fully saturated rings. The first-order valence-corrected chi connectivity index (χ1v) is 14.7. The van der Waals surface area contributed by atoms with E-state index >= 15 is 0 Å². The minimum Gasteiger partial charge on any atom is -0.491 e. The number of hydrogen-bond acceptors (Lipinski definition) is 9. The summed E-state index contributed by atoms with van der Waals surface area (Å²) in [5.41, 5.74) is 8.05. The van der Waals surface area contributed by atoms with Crippen molar-refractivity contribution in [3.63, 3.8) is 0 Å². The van der Waals surface area contributed by atoms with Crippen molar-refractivity contribution in [1.82, 2.24) is 0 Å². The Bertz CT molecular complexity index is 1630. The molecule has 238 valence electrons. The van der Waals surface area contributed by atoms with E-state index in [4.69, 9.17) is 34.5 Å². The van der Waals surface area contributed by atoms with Crippen molar-refractivity contribution in [2.24, 2.45) is 0 Å². The van der Waals surface area contributed by atoms with Gasteiger partial charge in [0.25, 0.3) is 0 Å². The maximum absolute atomic E-state index is 13.3. The number of benzene rings is 4. The van der Waals surface area contributed by atoms with E-state index in [9.17, 15) is 9.59 Å². The molecule has 0 bridgehead atoms. The minimum absolute atomic E-state index is 0.109. The highest BCUT2D eigenvalue weighted by molar-refractivity contribution is 6.01. The Balaban J connectivity index is 1.35. The Kier molecular flexibility index (Phi) is 10.9. The van der Waals surface area contributed by atoms with E-state index in [0.29, 0.717) is 58.5 Å². The molecule has 46 heavy (non-hydrogen) atoms. The third-order valence-electron chi connectivity index (χ3n) is 6.90. The minimum atomic E-state index is -0.868. The first-order valence-electron chi connectivity index (χ1n) is 14.7. The number of para-hydroxylation sites is 3. The Morgan fingerprint density at radius 1 is 0.891 bits per heavy atom. The van der Waals surface area contributed by atoms with Crippen LogP contribution in [0, 0.1) is 0 Å². The lowest BCUT2D eigenvalue weighted by atomic mass is 10.00. The zero-order valence-electron chi connectivity index (χ0n) is 25.0. The van der Waals surface area contributed by atoms with Crippen LogP contribution in [0.4, 0.5) is 21.9 Å². The van der Waals surface area contributed by atoms with Crippen LogP contribution in [0.1, 0.15) is 24.5 Å². The molecule has 1 heterocycles. The molecule has 4 aromatic carbocycles. The van der Waals surface area contributed by atoms with Gasteiger partial charge in [-0.15, -0.1) is 0 Å². The summed E-state index contributed by atoms with van der Waals surface area (Å²) in [6.45, 7) is 0.136. The van der Waals surface area contributed by atoms with E-state index in [0.717, 1.165) is 0 Å². The molecule has 0 spiro atoms. The summed E-state index contributed by atoms with van der Waals surface area (Å²) in [5, 5.41) is 14.6. The van der Waals surface area contributed by atoms with E-state index in [2.05, 4.69) is 10.6 Å². The van der Waals surface area contributed by atoms with Crippen molar-refractivity contribution in [2.45, 2.75) is 25.0 Å². The van der Waals surface area contributed by atoms with E-state index in [1.165, 1.54) is 6.08 Å². The van der Waals surface area contributed by atoms with Crippen LogP contribution in [0.15, 0.2) is 109 Å². The zero-order chi connectivity index (χ0) is 32.1. The number of amides is 2. The number of rotatable bonds is 14. The number of carbonyl (C=O) groups is 2. The van der Waals surface area contributed by atoms with Crippen LogP contribution in [-0.2, 0) is 9.53 Å². The molecule has 0 unspecified atom stereocenters. The molecule has 4 aromatic rings. The van der Waals surface area contributed by atoms with Gasteiger partial charge in [-0.25, -0.2) is 4.79 Å². The Morgan fingerprint density at radius 2 is 1.65 bits per heavy atom. The molecule has 0 aliphatic carbocycles. The predicted molar refractivity (Wildman–Crippen MR) is 173 cm³/mol. The normalized spacial score (nSPS) is 13.1. The predicted octanol–water partition coefficient (Wildman–Crippen LogP) is 6.08. The summed E-state index contributed by atoms with van der Waals surface area (Å²) in [7, 11) is 0.